The van der Waals surface area contributed by atoms with Crippen LogP contribution < -0.4 is 10.2 Å². The molecule has 0 aliphatic heterocycles. The SMILES string of the molecule is C1=CC2=C(CC1)C1(c3ccccc32)c2ccccc2-c2ccc(N(c3cccc(Nc4ccccc4)c3)c3ccc4ccccc4c3)cc21. The fraction of sp³-hybridized carbons (Fsp3) is 0.0638. The van der Waals surface area contributed by atoms with Gasteiger partial charge in [-0.2, -0.15) is 0 Å². The summed E-state index contributed by atoms with van der Waals surface area (Å²) in [5, 5.41) is 6.09. The van der Waals surface area contributed by atoms with Gasteiger partial charge in [0.05, 0.1) is 5.41 Å². The molecule has 0 fully saturated rings. The maximum absolute atomic E-state index is 3.63. The van der Waals surface area contributed by atoms with E-state index >= 15 is 0 Å². The van der Waals surface area contributed by atoms with Gasteiger partial charge in [-0.3, -0.25) is 0 Å². The van der Waals surface area contributed by atoms with Gasteiger partial charge in [0.25, 0.3) is 0 Å². The van der Waals surface area contributed by atoms with Gasteiger partial charge in [0.2, 0.25) is 0 Å². The zero-order valence-electron chi connectivity index (χ0n) is 27.1. The number of allylic oxidation sites excluding steroid dienone is 4. The topological polar surface area (TPSA) is 15.3 Å². The van der Waals surface area contributed by atoms with Crippen molar-refractivity contribution in [1.29, 1.82) is 0 Å². The van der Waals surface area contributed by atoms with Crippen molar-refractivity contribution in [2.45, 2.75) is 18.3 Å². The van der Waals surface area contributed by atoms with Crippen LogP contribution in [0.5, 0.6) is 0 Å². The third kappa shape index (κ3) is 4.20. The third-order valence-electron chi connectivity index (χ3n) is 10.7. The van der Waals surface area contributed by atoms with Crippen LogP contribution in [0, 0.1) is 0 Å². The van der Waals surface area contributed by atoms with E-state index in [0.29, 0.717) is 0 Å². The van der Waals surface area contributed by atoms with Crippen molar-refractivity contribution in [1.82, 2.24) is 0 Å². The molecule has 0 saturated heterocycles. The maximum Gasteiger partial charge on any atom is 0.0689 e. The number of benzene rings is 7. The number of nitrogens with one attached hydrogen (secondary N) is 1. The molecule has 0 bridgehead atoms. The van der Waals surface area contributed by atoms with E-state index in [1.165, 1.54) is 55.3 Å². The molecule has 3 aliphatic carbocycles. The van der Waals surface area contributed by atoms with Crippen molar-refractivity contribution in [2.75, 3.05) is 10.2 Å². The highest BCUT2D eigenvalue weighted by Gasteiger charge is 2.52. The van der Waals surface area contributed by atoms with Crippen molar-refractivity contribution in [3.63, 3.8) is 0 Å². The molecule has 1 spiro atoms. The van der Waals surface area contributed by atoms with Crippen LogP contribution in [0.1, 0.15) is 35.1 Å². The van der Waals surface area contributed by atoms with E-state index in [1.807, 2.05) is 6.07 Å². The summed E-state index contributed by atoms with van der Waals surface area (Å²) < 4.78 is 0. The third-order valence-corrected chi connectivity index (χ3v) is 10.7. The number of rotatable bonds is 5. The molecule has 0 saturated carbocycles. The van der Waals surface area contributed by atoms with E-state index < -0.39 is 0 Å². The molecular weight excluding hydrogens is 593 g/mol. The average molecular weight is 627 g/mol. The standard InChI is InChI=1S/C47H34N2/c1-2-15-34(16-3-1)48-35-17-12-18-36(30-35)49(37-26-25-32-13-4-5-14-33(32)29-37)38-27-28-42-41-21-8-11-24-45(41)47(46(42)31-38)43-22-9-6-19-39(43)40-20-7-10-23-44(40)47/h1-9,11-22,24-31,48H,10,23H2. The molecule has 1 unspecified atom stereocenters. The molecule has 1 N–H and O–H groups in total. The van der Waals surface area contributed by atoms with Crippen molar-refractivity contribution < 1.29 is 0 Å². The lowest BCUT2D eigenvalue weighted by atomic mass is 9.68. The van der Waals surface area contributed by atoms with Gasteiger partial charge in [-0.15, -0.1) is 0 Å². The van der Waals surface area contributed by atoms with Gasteiger partial charge < -0.3 is 10.2 Å². The number of nitrogens with zero attached hydrogens (tertiary/aromatic N) is 1. The predicted octanol–water partition coefficient (Wildman–Crippen LogP) is 12.5. The second-order valence-corrected chi connectivity index (χ2v) is 13.3. The first-order valence-corrected chi connectivity index (χ1v) is 17.2. The van der Waals surface area contributed by atoms with Crippen LogP contribution in [0.2, 0.25) is 0 Å². The second-order valence-electron chi connectivity index (χ2n) is 13.3. The normalized spacial score (nSPS) is 16.7. The lowest BCUT2D eigenvalue weighted by Crippen LogP contribution is -2.28. The molecule has 3 aliphatic rings. The van der Waals surface area contributed by atoms with E-state index in [9.17, 15) is 0 Å². The Morgan fingerprint density at radius 3 is 2.00 bits per heavy atom. The number of fused-ring (bicyclic) bond motifs is 10. The zero-order valence-corrected chi connectivity index (χ0v) is 27.1. The van der Waals surface area contributed by atoms with Crippen molar-refractivity contribution >= 4 is 44.8 Å². The Hall–Kier alpha value is -6.12. The number of anilines is 5. The highest BCUT2D eigenvalue weighted by Crippen LogP contribution is 2.64. The zero-order chi connectivity index (χ0) is 32.4. The van der Waals surface area contributed by atoms with Gasteiger partial charge in [0.1, 0.15) is 0 Å². The Labute approximate surface area is 287 Å². The minimum absolute atomic E-state index is 0.315. The van der Waals surface area contributed by atoms with Crippen LogP contribution >= 0.6 is 0 Å². The molecule has 7 aromatic carbocycles. The van der Waals surface area contributed by atoms with Crippen LogP contribution in [0.15, 0.2) is 182 Å². The number of hydrogen-bond donors (Lipinski definition) is 1. The van der Waals surface area contributed by atoms with Crippen molar-refractivity contribution in [3.05, 3.63) is 204 Å². The molecule has 0 aromatic heterocycles. The summed E-state index contributed by atoms with van der Waals surface area (Å²) >= 11 is 0. The van der Waals surface area contributed by atoms with Gasteiger partial charge in [0, 0.05) is 28.4 Å². The first kappa shape index (κ1) is 27.9. The highest BCUT2D eigenvalue weighted by molar-refractivity contribution is 5.98. The molecule has 1 atom stereocenters. The minimum Gasteiger partial charge on any atom is -0.355 e. The average Bonchev–Trinajstić information content (AvgIpc) is 3.63. The molecule has 10 rings (SSSR count). The highest BCUT2D eigenvalue weighted by atomic mass is 15.1. The summed E-state index contributed by atoms with van der Waals surface area (Å²) in [6.45, 7) is 0. The van der Waals surface area contributed by atoms with Gasteiger partial charge >= 0.3 is 0 Å². The van der Waals surface area contributed by atoms with Gasteiger partial charge in [0.15, 0.2) is 0 Å². The Kier molecular flexibility index (Phi) is 6.25. The monoisotopic (exact) mass is 626 g/mol. The van der Waals surface area contributed by atoms with Gasteiger partial charge in [-0.1, -0.05) is 121 Å². The van der Waals surface area contributed by atoms with E-state index in [0.717, 1.165) is 41.3 Å². The molecule has 232 valence electrons. The van der Waals surface area contributed by atoms with Crippen molar-refractivity contribution in [2.24, 2.45) is 0 Å². The quantitative estimate of drug-likeness (QED) is 0.204. The van der Waals surface area contributed by atoms with Gasteiger partial charge in [-0.25, -0.2) is 0 Å². The summed E-state index contributed by atoms with van der Waals surface area (Å²) in [7, 11) is 0. The summed E-state index contributed by atoms with van der Waals surface area (Å²) in [6, 6.07) is 60.0. The summed E-state index contributed by atoms with van der Waals surface area (Å²) in [5.74, 6) is 0. The summed E-state index contributed by atoms with van der Waals surface area (Å²) in [5.41, 5.74) is 16.3. The summed E-state index contributed by atoms with van der Waals surface area (Å²) in [4.78, 5) is 2.43. The number of para-hydroxylation sites is 1. The first-order valence-electron chi connectivity index (χ1n) is 17.2. The van der Waals surface area contributed by atoms with E-state index in [2.05, 4.69) is 180 Å². The Balaban J connectivity index is 1.21. The lowest BCUT2D eigenvalue weighted by molar-refractivity contribution is 0.714. The molecule has 49 heavy (non-hydrogen) atoms. The molecule has 0 amide bonds. The number of hydrogen-bond acceptors (Lipinski definition) is 2. The Morgan fingerprint density at radius 2 is 1.12 bits per heavy atom. The van der Waals surface area contributed by atoms with Crippen molar-refractivity contribution in [3.8, 4) is 11.1 Å². The van der Waals surface area contributed by atoms with E-state index in [4.69, 9.17) is 0 Å². The predicted molar refractivity (Wildman–Crippen MR) is 205 cm³/mol. The molecule has 2 nitrogen and oxygen atoms in total. The maximum atomic E-state index is 3.63. The fourth-order valence-corrected chi connectivity index (χ4v) is 8.71. The Bertz CT molecular complexity index is 2490. The van der Waals surface area contributed by atoms with E-state index in [-0.39, 0.29) is 5.41 Å². The van der Waals surface area contributed by atoms with E-state index in [1.54, 1.807) is 0 Å². The molecular formula is C47H34N2. The van der Waals surface area contributed by atoms with Crippen LogP contribution in [0.25, 0.3) is 27.5 Å². The molecule has 0 heterocycles. The smallest absolute Gasteiger partial charge is 0.0689 e. The first-order chi connectivity index (χ1) is 24.3. The molecule has 0 radical (unpaired) electrons. The molecule has 2 heteroatoms. The van der Waals surface area contributed by atoms with Crippen LogP contribution in [-0.4, -0.2) is 0 Å². The summed E-state index contributed by atoms with van der Waals surface area (Å²) in [6.07, 6.45) is 6.85. The van der Waals surface area contributed by atoms with Crippen LogP contribution in [-0.2, 0) is 5.41 Å². The van der Waals surface area contributed by atoms with Crippen LogP contribution in [0.4, 0.5) is 28.4 Å². The largest absolute Gasteiger partial charge is 0.355 e. The Morgan fingerprint density at radius 1 is 0.469 bits per heavy atom. The fourth-order valence-electron chi connectivity index (χ4n) is 8.71. The van der Waals surface area contributed by atoms with Gasteiger partial charge in [-0.05, 0) is 123 Å². The lowest BCUT2D eigenvalue weighted by Gasteiger charge is -2.34. The van der Waals surface area contributed by atoms with Crippen LogP contribution in [0.3, 0.4) is 0 Å². The minimum atomic E-state index is -0.315. The molecule has 7 aromatic rings. The second kappa shape index (κ2) is 11.0.